The number of aliphatic hydroxyl groups is 1. The normalized spacial score (nSPS) is 14.1. The minimum absolute atomic E-state index is 0.104. The summed E-state index contributed by atoms with van der Waals surface area (Å²) in [6, 6.07) is 0. The summed E-state index contributed by atoms with van der Waals surface area (Å²) in [5, 5.41) is 10.6. The summed E-state index contributed by atoms with van der Waals surface area (Å²) in [7, 11) is -9.90. The van der Waals surface area contributed by atoms with Gasteiger partial charge in [-0.05, 0) is 37.5 Å². The van der Waals surface area contributed by atoms with Crippen molar-refractivity contribution in [3.63, 3.8) is 0 Å². The van der Waals surface area contributed by atoms with Crippen LogP contribution in [0.2, 0.25) is 0 Å². The summed E-state index contributed by atoms with van der Waals surface area (Å²) in [4.78, 5) is 72.5. The standard InChI is InChI=1S/C72H140O17P2/c1-7-9-11-13-15-17-19-20-21-22-23-24-25-26-27-28-29-31-37-44-50-56-71(76)88-67(61-83-70(75)55-49-43-38-32-34-40-46-52-64(3)4)62-86-90(78,79)84-58-66(73)59-85-91(80,81)87-63-68(89-72(77)57-51-45-39-33-35-41-47-53-65(5)6)60-82-69(74)54-48-42-36-30-18-16-14-12-10-8-2/h64-68,73H,7-63H2,1-6H3,(H,78,79)(H,80,81)/t66-,67-,68-/m1/s1. The number of esters is 4. The topological polar surface area (TPSA) is 237 Å². The van der Waals surface area contributed by atoms with Crippen LogP contribution in [-0.4, -0.2) is 96.7 Å². The van der Waals surface area contributed by atoms with E-state index in [1.165, 1.54) is 180 Å². The first-order chi connectivity index (χ1) is 43.9. The lowest BCUT2D eigenvalue weighted by Gasteiger charge is -2.21. The molecule has 0 saturated carbocycles. The molecule has 0 aromatic heterocycles. The third-order valence-electron chi connectivity index (χ3n) is 16.7. The molecule has 0 aromatic carbocycles. The molecular weight excluding hydrogens is 1200 g/mol. The summed E-state index contributed by atoms with van der Waals surface area (Å²) in [5.41, 5.74) is 0. The van der Waals surface area contributed by atoms with Crippen molar-refractivity contribution < 1.29 is 80.2 Å². The van der Waals surface area contributed by atoms with E-state index in [1.54, 1.807) is 0 Å². The third kappa shape index (κ3) is 66.5. The number of carbonyl (C=O) groups is 4. The number of phosphoric acid groups is 2. The van der Waals surface area contributed by atoms with E-state index in [-0.39, 0.29) is 25.7 Å². The minimum atomic E-state index is -4.95. The number of unbranched alkanes of at least 4 members (excludes halogenated alkanes) is 41. The number of hydrogen-bond acceptors (Lipinski definition) is 15. The van der Waals surface area contributed by atoms with Gasteiger partial charge in [-0.3, -0.25) is 37.3 Å². The Morgan fingerprint density at radius 3 is 0.747 bits per heavy atom. The molecule has 0 amide bonds. The fourth-order valence-corrected chi connectivity index (χ4v) is 12.5. The first-order valence-corrected chi connectivity index (χ1v) is 40.5. The number of hydrogen-bond donors (Lipinski definition) is 3. The van der Waals surface area contributed by atoms with E-state index >= 15 is 0 Å². The lowest BCUT2D eigenvalue weighted by molar-refractivity contribution is -0.161. The summed E-state index contributed by atoms with van der Waals surface area (Å²) < 4.78 is 68.2. The van der Waals surface area contributed by atoms with Gasteiger partial charge in [0, 0.05) is 25.7 Å². The van der Waals surface area contributed by atoms with Gasteiger partial charge in [-0.1, -0.05) is 318 Å². The Morgan fingerprint density at radius 1 is 0.297 bits per heavy atom. The molecule has 0 saturated heterocycles. The van der Waals surface area contributed by atoms with Gasteiger partial charge in [-0.15, -0.1) is 0 Å². The maximum absolute atomic E-state index is 13.0. The van der Waals surface area contributed by atoms with Crippen molar-refractivity contribution in [1.29, 1.82) is 0 Å². The van der Waals surface area contributed by atoms with Crippen molar-refractivity contribution in [1.82, 2.24) is 0 Å². The molecule has 0 rings (SSSR count). The number of phosphoric ester groups is 2. The molecule has 17 nitrogen and oxygen atoms in total. The molecule has 0 radical (unpaired) electrons. The van der Waals surface area contributed by atoms with E-state index in [9.17, 15) is 43.2 Å². The molecular formula is C72H140O17P2. The van der Waals surface area contributed by atoms with Gasteiger partial charge in [0.1, 0.15) is 19.3 Å². The zero-order valence-electron chi connectivity index (χ0n) is 59.1. The fourth-order valence-electron chi connectivity index (χ4n) is 10.9. The molecule has 91 heavy (non-hydrogen) atoms. The van der Waals surface area contributed by atoms with Crippen LogP contribution < -0.4 is 0 Å². The van der Waals surface area contributed by atoms with Crippen molar-refractivity contribution >= 4 is 39.5 Å². The summed E-state index contributed by atoms with van der Waals surface area (Å²) in [6.45, 7) is 9.43. The van der Waals surface area contributed by atoms with E-state index < -0.39 is 97.5 Å². The molecule has 0 fully saturated rings. The fraction of sp³-hybridized carbons (Fsp3) is 0.944. The Bertz CT molecular complexity index is 1770. The quantitative estimate of drug-likeness (QED) is 0.0222. The predicted molar refractivity (Wildman–Crippen MR) is 368 cm³/mol. The molecule has 0 aromatic rings. The number of aliphatic hydroxyl groups excluding tert-OH is 1. The molecule has 3 N–H and O–H groups in total. The first-order valence-electron chi connectivity index (χ1n) is 37.5. The molecule has 540 valence electrons. The Morgan fingerprint density at radius 2 is 0.505 bits per heavy atom. The Balaban J connectivity index is 5.15. The van der Waals surface area contributed by atoms with Gasteiger partial charge in [0.25, 0.3) is 0 Å². The van der Waals surface area contributed by atoms with Crippen molar-refractivity contribution in [2.45, 2.75) is 387 Å². The monoisotopic (exact) mass is 1340 g/mol. The van der Waals surface area contributed by atoms with Crippen LogP contribution in [0.25, 0.3) is 0 Å². The van der Waals surface area contributed by atoms with Gasteiger partial charge in [-0.25, -0.2) is 9.13 Å². The highest BCUT2D eigenvalue weighted by Gasteiger charge is 2.30. The van der Waals surface area contributed by atoms with Crippen molar-refractivity contribution in [3.05, 3.63) is 0 Å². The van der Waals surface area contributed by atoms with Crippen LogP contribution in [0.5, 0.6) is 0 Å². The van der Waals surface area contributed by atoms with E-state index in [2.05, 4.69) is 41.5 Å². The number of carbonyl (C=O) groups excluding carboxylic acids is 4. The second-order valence-corrected chi connectivity index (χ2v) is 29.8. The Hall–Kier alpha value is -1.94. The summed E-state index contributed by atoms with van der Waals surface area (Å²) in [6.07, 6.45) is 50.3. The molecule has 19 heteroatoms. The van der Waals surface area contributed by atoms with E-state index in [0.29, 0.717) is 37.5 Å². The molecule has 0 aliphatic heterocycles. The maximum Gasteiger partial charge on any atom is 0.472 e. The van der Waals surface area contributed by atoms with Crippen molar-refractivity contribution in [3.8, 4) is 0 Å². The molecule has 0 spiro atoms. The average molecular weight is 1340 g/mol. The Labute approximate surface area is 556 Å². The molecule has 0 bridgehead atoms. The van der Waals surface area contributed by atoms with Gasteiger partial charge in [0.05, 0.1) is 26.4 Å². The van der Waals surface area contributed by atoms with Crippen LogP contribution in [-0.2, 0) is 65.4 Å². The van der Waals surface area contributed by atoms with Crippen molar-refractivity contribution in [2.24, 2.45) is 11.8 Å². The van der Waals surface area contributed by atoms with E-state index in [1.807, 2.05) is 0 Å². The highest BCUT2D eigenvalue weighted by atomic mass is 31.2. The highest BCUT2D eigenvalue weighted by molar-refractivity contribution is 7.47. The summed E-state index contributed by atoms with van der Waals surface area (Å²) >= 11 is 0. The lowest BCUT2D eigenvalue weighted by atomic mass is 10.0. The lowest BCUT2D eigenvalue weighted by Crippen LogP contribution is -2.30. The number of rotatable bonds is 71. The first kappa shape index (κ1) is 89.1. The maximum atomic E-state index is 13.0. The van der Waals surface area contributed by atoms with Gasteiger partial charge in [0.15, 0.2) is 12.2 Å². The Kier molecular flexibility index (Phi) is 62.7. The van der Waals surface area contributed by atoms with E-state index in [4.69, 9.17) is 37.0 Å². The number of ether oxygens (including phenoxy) is 4. The smallest absolute Gasteiger partial charge is 0.462 e. The van der Waals surface area contributed by atoms with Gasteiger partial charge in [-0.2, -0.15) is 0 Å². The molecule has 0 aliphatic rings. The van der Waals surface area contributed by atoms with Crippen LogP contribution in [0, 0.1) is 11.8 Å². The molecule has 0 aliphatic carbocycles. The van der Waals surface area contributed by atoms with Crippen LogP contribution >= 0.6 is 15.6 Å². The highest BCUT2D eigenvalue weighted by Crippen LogP contribution is 2.45. The SMILES string of the molecule is CCCCCCCCCCCCCCCCCCCCCCCC(=O)O[C@H](COC(=O)CCCCCCCCCC(C)C)COP(=O)(O)OC[C@@H](O)COP(=O)(O)OC[C@@H](COC(=O)CCCCCCCCCCCC)OC(=O)CCCCCCCCCC(C)C. The van der Waals surface area contributed by atoms with Gasteiger partial charge in [0.2, 0.25) is 0 Å². The molecule has 2 unspecified atom stereocenters. The zero-order chi connectivity index (χ0) is 67.2. The minimum Gasteiger partial charge on any atom is -0.462 e. The van der Waals surface area contributed by atoms with Crippen LogP contribution in [0.15, 0.2) is 0 Å². The zero-order valence-corrected chi connectivity index (χ0v) is 60.9. The predicted octanol–water partition coefficient (Wildman–Crippen LogP) is 20.8. The second-order valence-electron chi connectivity index (χ2n) is 26.9. The van der Waals surface area contributed by atoms with Crippen molar-refractivity contribution in [2.75, 3.05) is 39.6 Å². The molecule has 5 atom stereocenters. The van der Waals surface area contributed by atoms with Crippen LogP contribution in [0.3, 0.4) is 0 Å². The average Bonchev–Trinajstić information content (AvgIpc) is 3.48. The molecule has 0 heterocycles. The summed E-state index contributed by atoms with van der Waals surface area (Å²) in [5.74, 6) is -0.726. The third-order valence-corrected chi connectivity index (χ3v) is 18.6. The van der Waals surface area contributed by atoms with Crippen LogP contribution in [0.1, 0.15) is 369 Å². The van der Waals surface area contributed by atoms with Gasteiger partial charge >= 0.3 is 39.5 Å². The van der Waals surface area contributed by atoms with Crippen LogP contribution in [0.4, 0.5) is 0 Å². The van der Waals surface area contributed by atoms with E-state index in [0.717, 1.165) is 96.3 Å². The second kappa shape index (κ2) is 64.1. The van der Waals surface area contributed by atoms with Gasteiger partial charge < -0.3 is 33.8 Å². The largest absolute Gasteiger partial charge is 0.472 e.